The Hall–Kier alpha value is -3.74. The first kappa shape index (κ1) is 15.8. The number of hydrazone groups is 1. The summed E-state index contributed by atoms with van der Waals surface area (Å²) in [6.07, 6.45) is 8.76. The number of imidazole rings is 2. The molecule has 1 N–H and O–H groups in total. The molecule has 0 aliphatic heterocycles. The minimum Gasteiger partial charge on any atom is -0.306 e. The molecular weight excluding hydrogens is 328 g/mol. The van der Waals surface area contributed by atoms with Crippen molar-refractivity contribution in [2.75, 3.05) is 0 Å². The Balaban J connectivity index is 1.48. The minimum absolute atomic E-state index is 0.299. The van der Waals surface area contributed by atoms with Crippen molar-refractivity contribution in [1.82, 2.24) is 24.4 Å². The molecule has 0 bridgehead atoms. The summed E-state index contributed by atoms with van der Waals surface area (Å²) in [6, 6.07) is 13.4. The number of aromatic nitrogens is 4. The van der Waals surface area contributed by atoms with Crippen LogP contribution in [0.5, 0.6) is 0 Å². The van der Waals surface area contributed by atoms with Crippen molar-refractivity contribution in [2.45, 2.75) is 6.92 Å². The standard InChI is InChI=1S/C19H16N6O/c1-14-18(25-10-3-2-4-17(25)22-14)19(26)23-21-12-15-5-7-16(8-6-15)24-11-9-20-13-24/h2-13H,1H3,(H,23,26)/b21-12+. The third-order valence-corrected chi connectivity index (χ3v) is 3.99. The van der Waals surface area contributed by atoms with Crippen LogP contribution in [0, 0.1) is 6.92 Å². The van der Waals surface area contributed by atoms with Crippen LogP contribution in [0.1, 0.15) is 21.7 Å². The van der Waals surface area contributed by atoms with Gasteiger partial charge in [0.2, 0.25) is 0 Å². The second-order valence-corrected chi connectivity index (χ2v) is 5.74. The number of fused-ring (bicyclic) bond motifs is 1. The summed E-state index contributed by atoms with van der Waals surface area (Å²) < 4.78 is 3.66. The number of carbonyl (C=O) groups excluding carboxylic acids is 1. The van der Waals surface area contributed by atoms with Crippen molar-refractivity contribution in [1.29, 1.82) is 0 Å². The number of benzene rings is 1. The fraction of sp³-hybridized carbons (Fsp3) is 0.0526. The van der Waals surface area contributed by atoms with Crippen LogP contribution in [0.4, 0.5) is 0 Å². The van der Waals surface area contributed by atoms with E-state index in [-0.39, 0.29) is 5.91 Å². The molecule has 26 heavy (non-hydrogen) atoms. The summed E-state index contributed by atoms with van der Waals surface area (Å²) in [5, 5.41) is 4.05. The Bertz CT molecular complexity index is 1080. The molecule has 0 aliphatic rings. The van der Waals surface area contributed by atoms with Gasteiger partial charge in [-0.1, -0.05) is 18.2 Å². The van der Waals surface area contributed by atoms with Gasteiger partial charge in [-0.15, -0.1) is 0 Å². The first-order valence-electron chi connectivity index (χ1n) is 8.08. The molecule has 3 aromatic heterocycles. The monoisotopic (exact) mass is 344 g/mol. The molecule has 7 heteroatoms. The van der Waals surface area contributed by atoms with E-state index in [2.05, 4.69) is 20.5 Å². The molecule has 0 aliphatic carbocycles. The molecule has 0 saturated heterocycles. The molecule has 0 spiro atoms. The van der Waals surface area contributed by atoms with E-state index in [0.29, 0.717) is 11.4 Å². The van der Waals surface area contributed by atoms with Crippen molar-refractivity contribution in [2.24, 2.45) is 5.10 Å². The smallest absolute Gasteiger partial charge is 0.290 e. The van der Waals surface area contributed by atoms with E-state index in [1.54, 1.807) is 30.1 Å². The Labute approximate surface area is 149 Å². The number of nitrogens with one attached hydrogen (secondary N) is 1. The quantitative estimate of drug-likeness (QED) is 0.457. The van der Waals surface area contributed by atoms with Crippen LogP contribution in [0.15, 0.2) is 72.5 Å². The van der Waals surface area contributed by atoms with Gasteiger partial charge in [-0.2, -0.15) is 5.10 Å². The van der Waals surface area contributed by atoms with Crippen molar-refractivity contribution in [3.63, 3.8) is 0 Å². The van der Waals surface area contributed by atoms with Crippen LogP contribution < -0.4 is 5.43 Å². The number of pyridine rings is 1. The summed E-state index contributed by atoms with van der Waals surface area (Å²) in [7, 11) is 0. The largest absolute Gasteiger partial charge is 0.306 e. The molecule has 0 saturated carbocycles. The number of hydrogen-bond acceptors (Lipinski definition) is 4. The molecule has 3 heterocycles. The molecule has 4 rings (SSSR count). The fourth-order valence-corrected chi connectivity index (χ4v) is 2.75. The molecule has 0 radical (unpaired) electrons. The lowest BCUT2D eigenvalue weighted by atomic mass is 10.2. The molecule has 1 aromatic carbocycles. The van der Waals surface area contributed by atoms with Crippen LogP contribution in [0.2, 0.25) is 0 Å². The van der Waals surface area contributed by atoms with Crippen molar-refractivity contribution >= 4 is 17.8 Å². The zero-order valence-corrected chi connectivity index (χ0v) is 14.1. The molecule has 7 nitrogen and oxygen atoms in total. The Morgan fingerprint density at radius 1 is 1.15 bits per heavy atom. The fourth-order valence-electron chi connectivity index (χ4n) is 2.75. The van der Waals surface area contributed by atoms with E-state index in [9.17, 15) is 4.79 Å². The van der Waals surface area contributed by atoms with Gasteiger partial charge in [-0.25, -0.2) is 15.4 Å². The van der Waals surface area contributed by atoms with E-state index in [0.717, 1.165) is 16.9 Å². The first-order chi connectivity index (χ1) is 12.7. The topological polar surface area (TPSA) is 76.6 Å². The minimum atomic E-state index is -0.299. The summed E-state index contributed by atoms with van der Waals surface area (Å²) in [5.41, 5.74) is 6.32. The van der Waals surface area contributed by atoms with E-state index >= 15 is 0 Å². The van der Waals surface area contributed by atoms with Crippen molar-refractivity contribution in [3.05, 3.63) is 84.3 Å². The molecular formula is C19H16N6O. The average molecular weight is 344 g/mol. The second kappa shape index (κ2) is 6.64. The van der Waals surface area contributed by atoms with Crippen LogP contribution >= 0.6 is 0 Å². The van der Waals surface area contributed by atoms with Crippen molar-refractivity contribution in [3.8, 4) is 5.69 Å². The van der Waals surface area contributed by atoms with Gasteiger partial charge in [0.15, 0.2) is 0 Å². The lowest BCUT2D eigenvalue weighted by molar-refractivity contribution is 0.0948. The summed E-state index contributed by atoms with van der Waals surface area (Å²) in [5.74, 6) is -0.299. The highest BCUT2D eigenvalue weighted by Crippen LogP contribution is 2.11. The van der Waals surface area contributed by atoms with Gasteiger partial charge in [-0.05, 0) is 36.8 Å². The highest BCUT2D eigenvalue weighted by atomic mass is 16.2. The van der Waals surface area contributed by atoms with Crippen LogP contribution in [0.3, 0.4) is 0 Å². The number of amides is 1. The maximum absolute atomic E-state index is 12.4. The zero-order chi connectivity index (χ0) is 17.9. The Morgan fingerprint density at radius 3 is 2.77 bits per heavy atom. The Morgan fingerprint density at radius 2 is 2.00 bits per heavy atom. The van der Waals surface area contributed by atoms with Gasteiger partial charge >= 0.3 is 0 Å². The molecule has 0 atom stereocenters. The highest BCUT2D eigenvalue weighted by Gasteiger charge is 2.15. The zero-order valence-electron chi connectivity index (χ0n) is 14.1. The predicted octanol–water partition coefficient (Wildman–Crippen LogP) is 2.59. The molecule has 4 aromatic rings. The van der Waals surface area contributed by atoms with Gasteiger partial charge in [0.05, 0.1) is 18.2 Å². The van der Waals surface area contributed by atoms with Gasteiger partial charge in [0.25, 0.3) is 5.91 Å². The summed E-state index contributed by atoms with van der Waals surface area (Å²) >= 11 is 0. The lowest BCUT2D eigenvalue weighted by Crippen LogP contribution is -2.20. The number of aryl methyl sites for hydroxylation is 1. The summed E-state index contributed by atoms with van der Waals surface area (Å²) in [4.78, 5) is 20.8. The normalized spacial score (nSPS) is 11.3. The predicted molar refractivity (Wildman–Crippen MR) is 98.6 cm³/mol. The third-order valence-electron chi connectivity index (χ3n) is 3.99. The number of carbonyl (C=O) groups is 1. The molecule has 0 unspecified atom stereocenters. The van der Waals surface area contributed by atoms with Gasteiger partial charge < -0.3 is 4.57 Å². The maximum atomic E-state index is 12.4. The maximum Gasteiger partial charge on any atom is 0.290 e. The number of nitrogens with zero attached hydrogens (tertiary/aromatic N) is 5. The van der Waals surface area contributed by atoms with Gasteiger partial charge in [0.1, 0.15) is 11.3 Å². The van der Waals surface area contributed by atoms with Crippen LogP contribution in [-0.2, 0) is 0 Å². The van der Waals surface area contributed by atoms with Gasteiger partial charge in [0, 0.05) is 24.3 Å². The number of rotatable bonds is 4. The highest BCUT2D eigenvalue weighted by molar-refractivity contribution is 5.95. The van der Waals surface area contributed by atoms with Gasteiger partial charge in [-0.3, -0.25) is 9.20 Å². The van der Waals surface area contributed by atoms with E-state index in [4.69, 9.17) is 0 Å². The number of hydrogen-bond donors (Lipinski definition) is 1. The summed E-state index contributed by atoms with van der Waals surface area (Å²) in [6.45, 7) is 1.81. The molecule has 128 valence electrons. The molecule has 1 amide bonds. The lowest BCUT2D eigenvalue weighted by Gasteiger charge is -2.03. The van der Waals surface area contributed by atoms with Crippen molar-refractivity contribution < 1.29 is 4.79 Å². The Kier molecular flexibility index (Phi) is 4.03. The SMILES string of the molecule is Cc1nc2ccccn2c1C(=O)N/N=C/c1ccc(-n2ccnc2)cc1. The van der Waals surface area contributed by atoms with E-state index < -0.39 is 0 Å². The molecule has 0 fully saturated rings. The van der Waals surface area contributed by atoms with E-state index in [1.807, 2.05) is 59.4 Å². The third kappa shape index (κ3) is 2.98. The van der Waals surface area contributed by atoms with Crippen LogP contribution in [0.25, 0.3) is 11.3 Å². The van der Waals surface area contributed by atoms with Crippen LogP contribution in [-0.4, -0.2) is 31.1 Å². The first-order valence-corrected chi connectivity index (χ1v) is 8.08. The van der Waals surface area contributed by atoms with E-state index in [1.165, 1.54) is 0 Å². The second-order valence-electron chi connectivity index (χ2n) is 5.74. The average Bonchev–Trinajstić information content (AvgIpc) is 3.29.